The monoisotopic (exact) mass is 426 g/mol. The van der Waals surface area contributed by atoms with Gasteiger partial charge in [0.15, 0.2) is 11.5 Å². The van der Waals surface area contributed by atoms with Crippen LogP contribution in [0.5, 0.6) is 17.2 Å². The van der Waals surface area contributed by atoms with Crippen molar-refractivity contribution in [3.05, 3.63) is 41.7 Å². The molecule has 1 aliphatic heterocycles. The normalized spacial score (nSPS) is 13.8. The van der Waals surface area contributed by atoms with Crippen LogP contribution in [0.1, 0.15) is 16.1 Å². The van der Waals surface area contributed by atoms with Crippen LogP contribution >= 0.6 is 0 Å². The molecule has 0 unspecified atom stereocenters. The number of pyridine rings is 1. The van der Waals surface area contributed by atoms with Crippen molar-refractivity contribution < 1.29 is 23.7 Å². The number of ether oxygens (including phenoxy) is 4. The molecule has 164 valence electrons. The molecule has 1 amide bonds. The lowest BCUT2D eigenvalue weighted by Gasteiger charge is -2.29. The van der Waals surface area contributed by atoms with E-state index >= 15 is 0 Å². The molecule has 0 bridgehead atoms. The fourth-order valence-electron chi connectivity index (χ4n) is 3.76. The van der Waals surface area contributed by atoms with Gasteiger partial charge in [0.25, 0.3) is 5.91 Å². The summed E-state index contributed by atoms with van der Waals surface area (Å²) in [6.07, 6.45) is 1.76. The summed E-state index contributed by atoms with van der Waals surface area (Å²) in [7, 11) is 4.68. The zero-order valence-corrected chi connectivity index (χ0v) is 17.9. The minimum absolute atomic E-state index is 0.240. The van der Waals surface area contributed by atoms with Gasteiger partial charge in [-0.1, -0.05) is 6.07 Å². The first-order chi connectivity index (χ1) is 15.2. The van der Waals surface area contributed by atoms with Crippen molar-refractivity contribution in [2.45, 2.75) is 6.54 Å². The Balaban J connectivity index is 1.57. The minimum Gasteiger partial charge on any atom is -0.496 e. The number of benzene rings is 1. The van der Waals surface area contributed by atoms with Crippen LogP contribution < -0.4 is 24.4 Å². The van der Waals surface area contributed by atoms with Crippen LogP contribution in [0.2, 0.25) is 0 Å². The SMILES string of the molecule is COc1cc(OC)c2cc(C(=O)NCc3cccnc3N3CCOCC3)[nH]c2c1OC. The van der Waals surface area contributed by atoms with E-state index in [2.05, 4.69) is 20.2 Å². The number of aromatic nitrogens is 2. The molecule has 2 aromatic heterocycles. The maximum atomic E-state index is 12.9. The molecule has 1 saturated heterocycles. The Morgan fingerprint density at radius 1 is 1.16 bits per heavy atom. The second kappa shape index (κ2) is 9.13. The van der Waals surface area contributed by atoms with Crippen molar-refractivity contribution in [1.82, 2.24) is 15.3 Å². The first-order valence-electron chi connectivity index (χ1n) is 10.0. The smallest absolute Gasteiger partial charge is 0.268 e. The predicted molar refractivity (Wildman–Crippen MR) is 116 cm³/mol. The summed E-state index contributed by atoms with van der Waals surface area (Å²) >= 11 is 0. The van der Waals surface area contributed by atoms with Crippen LogP contribution in [-0.2, 0) is 11.3 Å². The van der Waals surface area contributed by atoms with Crippen molar-refractivity contribution >= 4 is 22.6 Å². The van der Waals surface area contributed by atoms with Crippen molar-refractivity contribution in [2.75, 3.05) is 52.5 Å². The lowest BCUT2D eigenvalue weighted by atomic mass is 10.2. The predicted octanol–water partition coefficient (Wildman–Crippen LogP) is 2.36. The van der Waals surface area contributed by atoms with E-state index in [-0.39, 0.29) is 5.91 Å². The van der Waals surface area contributed by atoms with Crippen molar-refractivity contribution in [2.24, 2.45) is 0 Å². The zero-order valence-electron chi connectivity index (χ0n) is 17.9. The highest BCUT2D eigenvalue weighted by molar-refractivity contribution is 6.02. The fourth-order valence-corrected chi connectivity index (χ4v) is 3.76. The molecular weight excluding hydrogens is 400 g/mol. The fraction of sp³-hybridized carbons (Fsp3) is 0.364. The summed E-state index contributed by atoms with van der Waals surface area (Å²) in [5, 5.41) is 3.72. The second-order valence-corrected chi connectivity index (χ2v) is 7.05. The highest BCUT2D eigenvalue weighted by Crippen LogP contribution is 2.41. The average molecular weight is 426 g/mol. The topological polar surface area (TPSA) is 97.9 Å². The number of H-pyrrole nitrogens is 1. The molecule has 9 heteroatoms. The number of fused-ring (bicyclic) bond motifs is 1. The first kappa shape index (κ1) is 20.8. The number of hydrogen-bond acceptors (Lipinski definition) is 7. The van der Waals surface area contributed by atoms with Gasteiger partial charge in [-0.3, -0.25) is 4.79 Å². The second-order valence-electron chi connectivity index (χ2n) is 7.05. The van der Waals surface area contributed by atoms with E-state index in [0.717, 1.165) is 29.9 Å². The summed E-state index contributed by atoms with van der Waals surface area (Å²) in [4.78, 5) is 22.8. The van der Waals surface area contributed by atoms with Gasteiger partial charge in [0, 0.05) is 42.8 Å². The molecular formula is C22H26N4O5. The number of anilines is 1. The van der Waals surface area contributed by atoms with Gasteiger partial charge in [-0.15, -0.1) is 0 Å². The quantitative estimate of drug-likeness (QED) is 0.598. The van der Waals surface area contributed by atoms with Gasteiger partial charge >= 0.3 is 0 Å². The molecule has 0 spiro atoms. The van der Waals surface area contributed by atoms with Gasteiger partial charge in [-0.05, 0) is 12.1 Å². The number of hydrogen-bond donors (Lipinski definition) is 2. The molecule has 3 heterocycles. The van der Waals surface area contributed by atoms with E-state index < -0.39 is 0 Å². The van der Waals surface area contributed by atoms with Gasteiger partial charge in [-0.25, -0.2) is 4.98 Å². The van der Waals surface area contributed by atoms with Crippen LogP contribution in [0, 0.1) is 0 Å². The van der Waals surface area contributed by atoms with Crippen LogP contribution in [0.4, 0.5) is 5.82 Å². The number of methoxy groups -OCH3 is 3. The van der Waals surface area contributed by atoms with Crippen LogP contribution in [0.3, 0.4) is 0 Å². The highest BCUT2D eigenvalue weighted by atomic mass is 16.5. The van der Waals surface area contributed by atoms with Gasteiger partial charge < -0.3 is 34.1 Å². The number of aromatic amines is 1. The third-order valence-electron chi connectivity index (χ3n) is 5.30. The minimum atomic E-state index is -0.240. The van der Waals surface area contributed by atoms with Gasteiger partial charge in [0.05, 0.1) is 40.1 Å². The van der Waals surface area contributed by atoms with Crippen molar-refractivity contribution in [3.8, 4) is 17.2 Å². The lowest BCUT2D eigenvalue weighted by molar-refractivity contribution is 0.0946. The molecule has 2 N–H and O–H groups in total. The number of amides is 1. The Bertz CT molecular complexity index is 1080. The molecule has 3 aromatic rings. The Morgan fingerprint density at radius 2 is 1.94 bits per heavy atom. The number of carbonyl (C=O) groups excluding carboxylic acids is 1. The number of nitrogens with one attached hydrogen (secondary N) is 2. The Hall–Kier alpha value is -3.46. The van der Waals surface area contributed by atoms with Crippen molar-refractivity contribution in [3.63, 3.8) is 0 Å². The number of nitrogens with zero attached hydrogens (tertiary/aromatic N) is 2. The molecule has 0 aliphatic carbocycles. The first-order valence-corrected chi connectivity index (χ1v) is 10.0. The summed E-state index contributed by atoms with van der Waals surface area (Å²) in [5.74, 6) is 2.25. The Morgan fingerprint density at radius 3 is 2.65 bits per heavy atom. The molecule has 0 atom stereocenters. The maximum Gasteiger partial charge on any atom is 0.268 e. The van der Waals surface area contributed by atoms with Gasteiger partial charge in [0.2, 0.25) is 0 Å². The van der Waals surface area contributed by atoms with Crippen LogP contribution in [0.25, 0.3) is 10.9 Å². The Kier molecular flexibility index (Phi) is 6.13. The van der Waals surface area contributed by atoms with Gasteiger partial charge in [0.1, 0.15) is 17.3 Å². The molecule has 1 aromatic carbocycles. The zero-order chi connectivity index (χ0) is 21.8. The Labute approximate surface area is 180 Å². The number of morpholine rings is 1. The maximum absolute atomic E-state index is 12.9. The molecule has 1 aliphatic rings. The highest BCUT2D eigenvalue weighted by Gasteiger charge is 2.20. The number of rotatable bonds is 7. The van der Waals surface area contributed by atoms with E-state index in [1.165, 1.54) is 0 Å². The van der Waals surface area contributed by atoms with E-state index in [0.29, 0.717) is 48.2 Å². The standard InChI is InChI=1S/C22H26N4O5/c1-28-17-12-18(29-2)20(30-3)19-15(17)11-16(25-19)22(27)24-13-14-5-4-6-23-21(14)26-7-9-31-10-8-26/h4-6,11-12,25H,7-10,13H2,1-3H3,(H,24,27). The summed E-state index contributed by atoms with van der Waals surface area (Å²) in [6.45, 7) is 3.25. The van der Waals surface area contributed by atoms with E-state index in [9.17, 15) is 4.79 Å². The summed E-state index contributed by atoms with van der Waals surface area (Å²) < 4.78 is 21.8. The van der Waals surface area contributed by atoms with E-state index in [1.807, 2.05) is 12.1 Å². The van der Waals surface area contributed by atoms with Crippen LogP contribution in [0.15, 0.2) is 30.5 Å². The van der Waals surface area contributed by atoms with E-state index in [4.69, 9.17) is 18.9 Å². The number of carbonyl (C=O) groups is 1. The molecule has 0 saturated carbocycles. The molecule has 9 nitrogen and oxygen atoms in total. The third kappa shape index (κ3) is 4.09. The molecule has 31 heavy (non-hydrogen) atoms. The largest absolute Gasteiger partial charge is 0.496 e. The van der Waals surface area contributed by atoms with Gasteiger partial charge in [-0.2, -0.15) is 0 Å². The summed E-state index contributed by atoms with van der Waals surface area (Å²) in [5.41, 5.74) is 1.99. The van der Waals surface area contributed by atoms with E-state index in [1.54, 1.807) is 39.7 Å². The third-order valence-corrected chi connectivity index (χ3v) is 5.30. The summed E-state index contributed by atoms with van der Waals surface area (Å²) in [6, 6.07) is 7.33. The average Bonchev–Trinajstić information content (AvgIpc) is 3.27. The molecule has 4 rings (SSSR count). The van der Waals surface area contributed by atoms with Crippen LogP contribution in [-0.4, -0.2) is 63.5 Å². The molecule has 1 fully saturated rings. The molecule has 0 radical (unpaired) electrons. The van der Waals surface area contributed by atoms with Crippen molar-refractivity contribution in [1.29, 1.82) is 0 Å². The lowest BCUT2D eigenvalue weighted by Crippen LogP contribution is -2.37.